The molecule has 0 aromatic heterocycles. The van der Waals surface area contributed by atoms with Gasteiger partial charge in [0, 0.05) is 31.3 Å². The molecule has 1 heterocycles. The number of hydrogen-bond acceptors (Lipinski definition) is 5. The van der Waals surface area contributed by atoms with Crippen molar-refractivity contribution < 1.29 is 19.2 Å². The molecule has 0 aliphatic carbocycles. The van der Waals surface area contributed by atoms with Crippen LogP contribution in [0.5, 0.6) is 0 Å². The number of benzene rings is 3. The second-order valence-electron chi connectivity index (χ2n) is 12.1. The molecule has 47 heavy (non-hydrogen) atoms. The highest BCUT2D eigenvalue weighted by Gasteiger charge is 2.36. The molecular weight excluding hydrogens is 590 g/mol. The number of amides is 4. The first-order valence-corrected chi connectivity index (χ1v) is 16.4. The number of hydrogen-bond donors (Lipinski definition) is 3. The van der Waals surface area contributed by atoms with Crippen LogP contribution in [-0.4, -0.2) is 71.7 Å². The van der Waals surface area contributed by atoms with Crippen LogP contribution in [0.25, 0.3) is 0 Å². The lowest BCUT2D eigenvalue weighted by molar-refractivity contribution is -0.143. The predicted octanol–water partition coefficient (Wildman–Crippen LogP) is 4.22. The molecule has 9 nitrogen and oxygen atoms in total. The zero-order valence-electron chi connectivity index (χ0n) is 27.8. The second-order valence-corrected chi connectivity index (χ2v) is 12.1. The van der Waals surface area contributed by atoms with Crippen molar-refractivity contribution in [2.24, 2.45) is 5.92 Å². The van der Waals surface area contributed by atoms with Crippen LogP contribution in [0.4, 0.5) is 0 Å². The molecule has 4 atom stereocenters. The minimum atomic E-state index is -0.799. The molecule has 0 spiro atoms. The van der Waals surface area contributed by atoms with E-state index in [1.165, 1.54) is 16.0 Å². The summed E-state index contributed by atoms with van der Waals surface area (Å²) >= 11 is 0. The SMILES string of the molecule is CC[C@@H](C)[C@H](NC(=O)[C@H](C)NC)C(=O)NCC(=O)N1C=CN(CCC(c2ccccc2)c2ccccc2)C(=O)[C@@H]1Cc1ccccc1. The number of nitrogens with one attached hydrogen (secondary N) is 3. The first kappa shape index (κ1) is 35.1. The van der Waals surface area contributed by atoms with E-state index < -0.39 is 29.9 Å². The van der Waals surface area contributed by atoms with Crippen LogP contribution < -0.4 is 16.0 Å². The van der Waals surface area contributed by atoms with Crippen molar-refractivity contribution in [1.29, 1.82) is 0 Å². The zero-order valence-corrected chi connectivity index (χ0v) is 27.8. The molecule has 0 unspecified atom stereocenters. The monoisotopic (exact) mass is 637 g/mol. The Hall–Kier alpha value is -4.76. The zero-order chi connectivity index (χ0) is 33.8. The van der Waals surface area contributed by atoms with Gasteiger partial charge in [-0.2, -0.15) is 0 Å². The van der Waals surface area contributed by atoms with Crippen LogP contribution in [0.1, 0.15) is 56.2 Å². The van der Waals surface area contributed by atoms with Crippen LogP contribution in [0.3, 0.4) is 0 Å². The average Bonchev–Trinajstić information content (AvgIpc) is 3.11. The van der Waals surface area contributed by atoms with Crippen molar-refractivity contribution in [3.8, 4) is 0 Å². The summed E-state index contributed by atoms with van der Waals surface area (Å²) in [6.07, 6.45) is 4.99. The Kier molecular flexibility index (Phi) is 12.9. The summed E-state index contributed by atoms with van der Waals surface area (Å²) in [6, 6.07) is 28.1. The van der Waals surface area contributed by atoms with Gasteiger partial charge in [0.1, 0.15) is 12.1 Å². The lowest BCUT2D eigenvalue weighted by Gasteiger charge is -2.36. The Morgan fingerprint density at radius 1 is 0.809 bits per heavy atom. The van der Waals surface area contributed by atoms with E-state index >= 15 is 0 Å². The lowest BCUT2D eigenvalue weighted by Crippen LogP contribution is -2.57. The van der Waals surface area contributed by atoms with Gasteiger partial charge in [-0.1, -0.05) is 111 Å². The van der Waals surface area contributed by atoms with Crippen molar-refractivity contribution >= 4 is 23.6 Å². The summed E-state index contributed by atoms with van der Waals surface area (Å²) < 4.78 is 0. The highest BCUT2D eigenvalue weighted by Crippen LogP contribution is 2.29. The Balaban J connectivity index is 1.50. The quantitative estimate of drug-likeness (QED) is 0.231. The molecule has 248 valence electrons. The predicted molar refractivity (Wildman–Crippen MR) is 184 cm³/mol. The molecule has 0 saturated heterocycles. The second kappa shape index (κ2) is 17.2. The van der Waals surface area contributed by atoms with Crippen molar-refractivity contribution in [2.45, 2.75) is 64.1 Å². The van der Waals surface area contributed by atoms with E-state index in [-0.39, 0.29) is 30.2 Å². The number of rotatable bonds is 15. The van der Waals surface area contributed by atoms with Crippen LogP contribution in [-0.2, 0) is 25.6 Å². The van der Waals surface area contributed by atoms with E-state index in [1.54, 1.807) is 31.3 Å². The van der Waals surface area contributed by atoms with Gasteiger partial charge in [0.2, 0.25) is 23.6 Å². The van der Waals surface area contributed by atoms with E-state index in [1.807, 2.05) is 80.6 Å². The standard InChI is InChI=1S/C38H47N5O4/c1-5-27(2)35(41-36(45)28(3)39-4)37(46)40-26-34(44)43-24-23-42(38(47)33(43)25-29-15-9-6-10-16-29)22-21-32(30-17-11-7-12-18-30)31-19-13-8-14-20-31/h6-20,23-24,27-28,32-33,35,39H,5,21-22,25-26H2,1-4H3,(H,40,46)(H,41,45)/t27-,28+,33+,35+/m1/s1. The van der Waals surface area contributed by atoms with E-state index in [0.29, 0.717) is 25.8 Å². The highest BCUT2D eigenvalue weighted by atomic mass is 16.2. The van der Waals surface area contributed by atoms with Crippen LogP contribution in [0.15, 0.2) is 103 Å². The van der Waals surface area contributed by atoms with Crippen molar-refractivity contribution in [3.05, 3.63) is 120 Å². The minimum Gasteiger partial charge on any atom is -0.345 e. The molecule has 0 fully saturated rings. The Morgan fingerprint density at radius 3 is 1.94 bits per heavy atom. The third kappa shape index (κ3) is 9.39. The van der Waals surface area contributed by atoms with Gasteiger partial charge in [-0.05, 0) is 43.0 Å². The summed E-state index contributed by atoms with van der Waals surface area (Å²) in [7, 11) is 1.67. The average molecular weight is 638 g/mol. The maximum Gasteiger partial charge on any atom is 0.250 e. The number of carbonyl (C=O) groups excluding carboxylic acids is 4. The largest absolute Gasteiger partial charge is 0.345 e. The van der Waals surface area contributed by atoms with Gasteiger partial charge >= 0.3 is 0 Å². The molecule has 4 amide bonds. The van der Waals surface area contributed by atoms with E-state index in [0.717, 1.165) is 5.56 Å². The maximum absolute atomic E-state index is 14.1. The van der Waals surface area contributed by atoms with E-state index in [4.69, 9.17) is 0 Å². The van der Waals surface area contributed by atoms with Gasteiger partial charge in [0.05, 0.1) is 12.6 Å². The Bertz CT molecular complexity index is 1460. The van der Waals surface area contributed by atoms with Crippen LogP contribution in [0.2, 0.25) is 0 Å². The van der Waals surface area contributed by atoms with Crippen LogP contribution >= 0.6 is 0 Å². The molecule has 3 N–H and O–H groups in total. The third-order valence-electron chi connectivity index (χ3n) is 8.97. The first-order valence-electron chi connectivity index (χ1n) is 16.4. The number of likely N-dealkylation sites (N-methyl/N-ethyl adjacent to an activating group) is 1. The summed E-state index contributed by atoms with van der Waals surface area (Å²) in [6.45, 7) is 5.69. The smallest absolute Gasteiger partial charge is 0.250 e. The third-order valence-corrected chi connectivity index (χ3v) is 8.97. The topological polar surface area (TPSA) is 111 Å². The molecule has 9 heteroatoms. The first-order chi connectivity index (χ1) is 22.7. The molecule has 0 saturated carbocycles. The highest BCUT2D eigenvalue weighted by molar-refractivity contribution is 5.94. The normalized spacial score (nSPS) is 16.4. The summed E-state index contributed by atoms with van der Waals surface area (Å²) in [4.78, 5) is 56.6. The van der Waals surface area contributed by atoms with Crippen molar-refractivity contribution in [3.63, 3.8) is 0 Å². The fourth-order valence-corrected chi connectivity index (χ4v) is 5.74. The Labute approximate surface area is 278 Å². The van der Waals surface area contributed by atoms with E-state index in [9.17, 15) is 19.2 Å². The summed E-state index contributed by atoms with van der Waals surface area (Å²) in [5.74, 6) is -1.38. The molecular formula is C38H47N5O4. The fraction of sp³-hybridized carbons (Fsp3) is 0.368. The summed E-state index contributed by atoms with van der Waals surface area (Å²) in [5, 5.41) is 8.40. The summed E-state index contributed by atoms with van der Waals surface area (Å²) in [5.41, 5.74) is 3.27. The van der Waals surface area contributed by atoms with Gasteiger partial charge in [-0.25, -0.2) is 0 Å². The molecule has 1 aliphatic rings. The van der Waals surface area contributed by atoms with Crippen molar-refractivity contribution in [2.75, 3.05) is 20.1 Å². The molecule has 4 rings (SSSR count). The molecule has 1 aliphatic heterocycles. The lowest BCUT2D eigenvalue weighted by atomic mass is 9.88. The van der Waals surface area contributed by atoms with Gasteiger partial charge in [-0.15, -0.1) is 0 Å². The van der Waals surface area contributed by atoms with Gasteiger partial charge in [0.15, 0.2) is 0 Å². The van der Waals surface area contributed by atoms with Gasteiger partial charge in [0.25, 0.3) is 0 Å². The number of nitrogens with zero attached hydrogens (tertiary/aromatic N) is 2. The molecule has 0 radical (unpaired) electrons. The number of carbonyl (C=O) groups is 4. The Morgan fingerprint density at radius 2 is 1.38 bits per heavy atom. The molecule has 3 aromatic rings. The van der Waals surface area contributed by atoms with E-state index in [2.05, 4.69) is 40.2 Å². The molecule has 0 bridgehead atoms. The molecule has 3 aromatic carbocycles. The van der Waals surface area contributed by atoms with Gasteiger partial charge in [-0.3, -0.25) is 19.2 Å². The van der Waals surface area contributed by atoms with Crippen molar-refractivity contribution in [1.82, 2.24) is 25.8 Å². The van der Waals surface area contributed by atoms with Crippen LogP contribution in [0, 0.1) is 5.92 Å². The fourth-order valence-electron chi connectivity index (χ4n) is 5.74. The maximum atomic E-state index is 14.1. The van der Waals surface area contributed by atoms with Gasteiger partial charge < -0.3 is 25.8 Å². The minimum absolute atomic E-state index is 0.0936.